The van der Waals surface area contributed by atoms with Crippen molar-refractivity contribution in [1.82, 2.24) is 5.32 Å². The summed E-state index contributed by atoms with van der Waals surface area (Å²) < 4.78 is 5.59. The normalized spacial score (nSPS) is 10.7. The first kappa shape index (κ1) is 17.8. The maximum Gasteiger partial charge on any atom is 0.122 e. The van der Waals surface area contributed by atoms with Crippen LogP contribution in [0.2, 0.25) is 0 Å². The topological polar surface area (TPSA) is 41.5 Å². The standard InChI is InChI=1S/C18H31NO2/c1-2-3-4-7-13-19-14-8-5-6-9-15-21-18-12-10-11-17(20)16-18/h10-12,16,19-20H,2-9,13-15H2,1H3. The maximum atomic E-state index is 9.32. The Labute approximate surface area is 129 Å². The molecule has 0 heterocycles. The molecule has 3 heteroatoms. The number of benzene rings is 1. The van der Waals surface area contributed by atoms with Gasteiger partial charge < -0.3 is 15.2 Å². The molecular formula is C18H31NO2. The molecule has 1 rings (SSSR count). The molecular weight excluding hydrogens is 262 g/mol. The molecule has 0 bridgehead atoms. The molecule has 0 aromatic heterocycles. The molecule has 0 aliphatic heterocycles. The average molecular weight is 293 g/mol. The Bertz CT molecular complexity index is 355. The summed E-state index contributed by atoms with van der Waals surface area (Å²) in [6, 6.07) is 6.99. The molecule has 0 atom stereocenters. The number of rotatable bonds is 13. The number of unbranched alkanes of at least 4 members (excludes halogenated alkanes) is 6. The van der Waals surface area contributed by atoms with Gasteiger partial charge in [-0.2, -0.15) is 0 Å². The number of ether oxygens (including phenoxy) is 1. The van der Waals surface area contributed by atoms with Crippen LogP contribution in [0.5, 0.6) is 11.5 Å². The van der Waals surface area contributed by atoms with Gasteiger partial charge in [-0.05, 0) is 44.5 Å². The second-order valence-electron chi connectivity index (χ2n) is 5.57. The highest BCUT2D eigenvalue weighted by atomic mass is 16.5. The molecule has 120 valence electrons. The van der Waals surface area contributed by atoms with E-state index in [0.717, 1.165) is 25.3 Å². The van der Waals surface area contributed by atoms with Crippen LogP contribution in [0.25, 0.3) is 0 Å². The number of aromatic hydroxyl groups is 1. The molecule has 0 amide bonds. The lowest BCUT2D eigenvalue weighted by atomic mass is 10.2. The molecule has 0 radical (unpaired) electrons. The van der Waals surface area contributed by atoms with Gasteiger partial charge in [0.1, 0.15) is 11.5 Å². The summed E-state index contributed by atoms with van der Waals surface area (Å²) >= 11 is 0. The van der Waals surface area contributed by atoms with Crippen molar-refractivity contribution < 1.29 is 9.84 Å². The van der Waals surface area contributed by atoms with Crippen molar-refractivity contribution in [3.8, 4) is 11.5 Å². The minimum absolute atomic E-state index is 0.262. The zero-order valence-electron chi connectivity index (χ0n) is 13.4. The van der Waals surface area contributed by atoms with E-state index < -0.39 is 0 Å². The average Bonchev–Trinajstić information content (AvgIpc) is 2.48. The van der Waals surface area contributed by atoms with Crippen LogP contribution in [0.1, 0.15) is 58.3 Å². The van der Waals surface area contributed by atoms with E-state index in [1.807, 2.05) is 6.07 Å². The molecule has 0 saturated carbocycles. The lowest BCUT2D eigenvalue weighted by molar-refractivity contribution is 0.303. The van der Waals surface area contributed by atoms with Gasteiger partial charge in [0, 0.05) is 6.07 Å². The fraction of sp³-hybridized carbons (Fsp3) is 0.667. The van der Waals surface area contributed by atoms with Crippen LogP contribution in [0, 0.1) is 0 Å². The van der Waals surface area contributed by atoms with Crippen LogP contribution in [0.4, 0.5) is 0 Å². The van der Waals surface area contributed by atoms with Crippen LogP contribution in [-0.2, 0) is 0 Å². The van der Waals surface area contributed by atoms with Crippen molar-refractivity contribution in [2.45, 2.75) is 58.3 Å². The van der Waals surface area contributed by atoms with Crippen molar-refractivity contribution in [3.05, 3.63) is 24.3 Å². The van der Waals surface area contributed by atoms with E-state index in [2.05, 4.69) is 12.2 Å². The molecule has 0 unspecified atom stereocenters. The Morgan fingerprint density at radius 3 is 2.38 bits per heavy atom. The van der Waals surface area contributed by atoms with Gasteiger partial charge in [-0.25, -0.2) is 0 Å². The van der Waals surface area contributed by atoms with Crippen molar-refractivity contribution >= 4 is 0 Å². The van der Waals surface area contributed by atoms with E-state index in [9.17, 15) is 5.11 Å². The van der Waals surface area contributed by atoms with Crippen LogP contribution in [0.3, 0.4) is 0 Å². The first-order valence-electron chi connectivity index (χ1n) is 8.45. The van der Waals surface area contributed by atoms with E-state index in [-0.39, 0.29) is 5.75 Å². The molecule has 1 aromatic rings. The van der Waals surface area contributed by atoms with Gasteiger partial charge in [0.15, 0.2) is 0 Å². The van der Waals surface area contributed by atoms with E-state index in [4.69, 9.17) is 4.74 Å². The van der Waals surface area contributed by atoms with Gasteiger partial charge in [-0.15, -0.1) is 0 Å². The molecule has 1 aromatic carbocycles. The molecule has 2 N–H and O–H groups in total. The van der Waals surface area contributed by atoms with Crippen LogP contribution < -0.4 is 10.1 Å². The number of hydrogen-bond donors (Lipinski definition) is 2. The second kappa shape index (κ2) is 12.5. The molecule has 0 fully saturated rings. The third-order valence-electron chi connectivity index (χ3n) is 3.54. The first-order chi connectivity index (χ1) is 10.3. The van der Waals surface area contributed by atoms with Crippen molar-refractivity contribution in [1.29, 1.82) is 0 Å². The Balaban J connectivity index is 1.82. The molecule has 0 aliphatic rings. The molecule has 0 saturated heterocycles. The van der Waals surface area contributed by atoms with Gasteiger partial charge in [0.25, 0.3) is 0 Å². The Kier molecular flexibility index (Phi) is 10.6. The summed E-state index contributed by atoms with van der Waals surface area (Å²) in [5, 5.41) is 12.8. The highest BCUT2D eigenvalue weighted by Crippen LogP contribution is 2.17. The highest BCUT2D eigenvalue weighted by molar-refractivity contribution is 5.31. The first-order valence-corrected chi connectivity index (χ1v) is 8.45. The predicted molar refractivity (Wildman–Crippen MR) is 89.1 cm³/mol. The Morgan fingerprint density at radius 1 is 0.952 bits per heavy atom. The Morgan fingerprint density at radius 2 is 1.67 bits per heavy atom. The fourth-order valence-electron chi connectivity index (χ4n) is 2.27. The predicted octanol–water partition coefficient (Wildman–Crippen LogP) is 4.50. The largest absolute Gasteiger partial charge is 0.508 e. The lowest BCUT2D eigenvalue weighted by Crippen LogP contribution is -2.16. The number of phenols is 1. The summed E-state index contributed by atoms with van der Waals surface area (Å²) in [6.45, 7) is 5.28. The quantitative estimate of drug-likeness (QED) is 0.526. The van der Waals surface area contributed by atoms with Crippen LogP contribution >= 0.6 is 0 Å². The van der Waals surface area contributed by atoms with E-state index in [1.165, 1.54) is 51.5 Å². The molecule has 3 nitrogen and oxygen atoms in total. The van der Waals surface area contributed by atoms with Crippen LogP contribution in [0.15, 0.2) is 24.3 Å². The van der Waals surface area contributed by atoms with E-state index >= 15 is 0 Å². The van der Waals surface area contributed by atoms with Gasteiger partial charge in [0.05, 0.1) is 6.61 Å². The van der Waals surface area contributed by atoms with Crippen LogP contribution in [-0.4, -0.2) is 24.8 Å². The maximum absolute atomic E-state index is 9.32. The molecule has 0 aliphatic carbocycles. The van der Waals surface area contributed by atoms with Crippen molar-refractivity contribution in [2.24, 2.45) is 0 Å². The zero-order valence-corrected chi connectivity index (χ0v) is 13.4. The lowest BCUT2D eigenvalue weighted by Gasteiger charge is -2.07. The molecule has 21 heavy (non-hydrogen) atoms. The van der Waals surface area contributed by atoms with E-state index in [0.29, 0.717) is 0 Å². The molecule has 0 spiro atoms. The second-order valence-corrected chi connectivity index (χ2v) is 5.57. The van der Waals surface area contributed by atoms with Gasteiger partial charge in [-0.1, -0.05) is 45.1 Å². The summed E-state index contributed by atoms with van der Waals surface area (Å²) in [6.07, 6.45) is 10.1. The fourth-order valence-corrected chi connectivity index (χ4v) is 2.27. The minimum Gasteiger partial charge on any atom is -0.508 e. The van der Waals surface area contributed by atoms with Gasteiger partial charge in [0.2, 0.25) is 0 Å². The summed E-state index contributed by atoms with van der Waals surface area (Å²) in [5.41, 5.74) is 0. The van der Waals surface area contributed by atoms with E-state index in [1.54, 1.807) is 18.2 Å². The third kappa shape index (κ3) is 10.2. The van der Waals surface area contributed by atoms with Gasteiger partial charge in [-0.3, -0.25) is 0 Å². The SMILES string of the molecule is CCCCCCNCCCCCCOc1cccc(O)c1. The summed E-state index contributed by atoms with van der Waals surface area (Å²) in [4.78, 5) is 0. The van der Waals surface area contributed by atoms with Crippen molar-refractivity contribution in [2.75, 3.05) is 19.7 Å². The smallest absolute Gasteiger partial charge is 0.122 e. The number of hydrogen-bond acceptors (Lipinski definition) is 3. The highest BCUT2D eigenvalue weighted by Gasteiger charge is 1.96. The number of nitrogens with one attached hydrogen (secondary N) is 1. The minimum atomic E-state index is 0.262. The van der Waals surface area contributed by atoms with Gasteiger partial charge >= 0.3 is 0 Å². The Hall–Kier alpha value is -1.22. The monoisotopic (exact) mass is 293 g/mol. The third-order valence-corrected chi connectivity index (χ3v) is 3.54. The van der Waals surface area contributed by atoms with Crippen molar-refractivity contribution in [3.63, 3.8) is 0 Å². The number of phenolic OH excluding ortho intramolecular Hbond substituents is 1. The summed E-state index contributed by atoms with van der Waals surface area (Å²) in [7, 11) is 0. The summed E-state index contributed by atoms with van der Waals surface area (Å²) in [5.74, 6) is 1.02. The zero-order chi connectivity index (χ0) is 15.2.